The van der Waals surface area contributed by atoms with Crippen LogP contribution in [0.2, 0.25) is 0 Å². The molecule has 2 N–H and O–H groups in total. The van der Waals surface area contributed by atoms with Crippen LogP contribution >= 0.6 is 0 Å². The molecule has 0 spiro atoms. The Kier molecular flexibility index (Phi) is 3.85. The van der Waals surface area contributed by atoms with E-state index in [1.165, 1.54) is 0 Å². The minimum absolute atomic E-state index is 0.122. The Morgan fingerprint density at radius 3 is 2.63 bits per heavy atom. The van der Waals surface area contributed by atoms with Gasteiger partial charge >= 0.3 is 5.97 Å². The number of carboxylic acids is 1. The van der Waals surface area contributed by atoms with Crippen molar-refractivity contribution in [3.8, 4) is 0 Å². The number of nitrogens with zero attached hydrogens (tertiary/aromatic N) is 1. The fraction of sp³-hybridized carbons (Fsp3) is 0.429. The third-order valence-electron chi connectivity index (χ3n) is 3.57. The van der Waals surface area contributed by atoms with E-state index in [1.54, 1.807) is 4.90 Å². The van der Waals surface area contributed by atoms with Crippen LogP contribution in [-0.4, -0.2) is 41.0 Å². The molecule has 0 aromatic heterocycles. The lowest BCUT2D eigenvalue weighted by molar-refractivity contribution is -0.146. The van der Waals surface area contributed by atoms with Gasteiger partial charge in [-0.25, -0.2) is 0 Å². The van der Waals surface area contributed by atoms with Crippen LogP contribution in [0.5, 0.6) is 0 Å². The molecular weight excluding hydrogens is 244 g/mol. The van der Waals surface area contributed by atoms with E-state index in [1.807, 2.05) is 32.0 Å². The number of piperazine rings is 1. The van der Waals surface area contributed by atoms with Crippen molar-refractivity contribution in [1.82, 2.24) is 10.2 Å². The highest BCUT2D eigenvalue weighted by atomic mass is 16.4. The molecule has 5 heteroatoms. The Morgan fingerprint density at radius 2 is 2.05 bits per heavy atom. The summed E-state index contributed by atoms with van der Waals surface area (Å²) in [5.74, 6) is -1.02. The number of aliphatic carboxylic acids is 1. The highest BCUT2D eigenvalue weighted by Crippen LogP contribution is 2.18. The predicted octanol–water partition coefficient (Wildman–Crippen LogP) is 0.688. The number of hydrogen-bond donors (Lipinski definition) is 2. The van der Waals surface area contributed by atoms with Gasteiger partial charge in [-0.3, -0.25) is 14.5 Å². The molecule has 19 heavy (non-hydrogen) atoms. The Balaban J connectivity index is 2.23. The zero-order chi connectivity index (χ0) is 14.0. The molecule has 2 rings (SSSR count). The van der Waals surface area contributed by atoms with E-state index in [9.17, 15) is 14.7 Å². The van der Waals surface area contributed by atoms with Crippen molar-refractivity contribution in [3.05, 3.63) is 34.9 Å². The molecule has 1 heterocycles. The van der Waals surface area contributed by atoms with Gasteiger partial charge in [0.25, 0.3) is 0 Å². The molecular formula is C14H18N2O3. The van der Waals surface area contributed by atoms with Gasteiger partial charge in [-0.1, -0.05) is 18.2 Å². The lowest BCUT2D eigenvalue weighted by Gasteiger charge is -2.33. The minimum Gasteiger partial charge on any atom is -0.480 e. The van der Waals surface area contributed by atoms with E-state index in [4.69, 9.17) is 0 Å². The number of nitrogens with one attached hydrogen (secondary N) is 1. The average molecular weight is 262 g/mol. The van der Waals surface area contributed by atoms with Gasteiger partial charge in [0.1, 0.15) is 6.04 Å². The van der Waals surface area contributed by atoms with Crippen LogP contribution in [0.4, 0.5) is 0 Å². The molecule has 5 nitrogen and oxygen atoms in total. The maximum atomic E-state index is 11.5. The number of aryl methyl sites for hydroxylation is 2. The first-order valence-corrected chi connectivity index (χ1v) is 6.27. The average Bonchev–Trinajstić information content (AvgIpc) is 2.33. The first-order valence-electron chi connectivity index (χ1n) is 6.27. The number of hydrogen-bond acceptors (Lipinski definition) is 3. The molecule has 1 aliphatic heterocycles. The van der Waals surface area contributed by atoms with Crippen LogP contribution in [-0.2, 0) is 16.1 Å². The molecule has 0 saturated carbocycles. The molecule has 1 fully saturated rings. The number of carbonyl (C=O) groups is 2. The number of carboxylic acid groups (broad SMARTS) is 1. The zero-order valence-electron chi connectivity index (χ0n) is 11.1. The maximum Gasteiger partial charge on any atom is 0.322 e. The molecule has 1 aromatic carbocycles. The first kappa shape index (κ1) is 13.5. The third-order valence-corrected chi connectivity index (χ3v) is 3.57. The summed E-state index contributed by atoms with van der Waals surface area (Å²) in [5.41, 5.74) is 3.34. The van der Waals surface area contributed by atoms with Crippen LogP contribution in [0.15, 0.2) is 18.2 Å². The second-order valence-corrected chi connectivity index (χ2v) is 4.93. The summed E-state index contributed by atoms with van der Waals surface area (Å²) < 4.78 is 0. The summed E-state index contributed by atoms with van der Waals surface area (Å²) in [7, 11) is 0. The van der Waals surface area contributed by atoms with Crippen molar-refractivity contribution in [3.63, 3.8) is 0 Å². The largest absolute Gasteiger partial charge is 0.480 e. The van der Waals surface area contributed by atoms with Crippen molar-refractivity contribution >= 4 is 11.9 Å². The topological polar surface area (TPSA) is 69.6 Å². The Labute approximate surface area is 112 Å². The van der Waals surface area contributed by atoms with Gasteiger partial charge in [0.15, 0.2) is 0 Å². The molecule has 1 aromatic rings. The molecule has 0 bridgehead atoms. The molecule has 1 saturated heterocycles. The van der Waals surface area contributed by atoms with Crippen molar-refractivity contribution < 1.29 is 14.7 Å². The zero-order valence-corrected chi connectivity index (χ0v) is 11.1. The lowest BCUT2D eigenvalue weighted by atomic mass is 10.0. The van der Waals surface area contributed by atoms with Crippen LogP contribution in [0.1, 0.15) is 16.7 Å². The Morgan fingerprint density at radius 1 is 1.42 bits per heavy atom. The van der Waals surface area contributed by atoms with E-state index in [0.717, 1.165) is 16.7 Å². The Hall–Kier alpha value is -1.88. The van der Waals surface area contributed by atoms with Gasteiger partial charge in [0.05, 0.1) is 6.54 Å². The van der Waals surface area contributed by atoms with Crippen LogP contribution < -0.4 is 5.32 Å². The summed E-state index contributed by atoms with van der Waals surface area (Å²) in [5, 5.41) is 11.8. The molecule has 102 valence electrons. The second kappa shape index (κ2) is 5.40. The van der Waals surface area contributed by atoms with Crippen LogP contribution in [0, 0.1) is 13.8 Å². The van der Waals surface area contributed by atoms with E-state index in [0.29, 0.717) is 6.54 Å². The lowest BCUT2D eigenvalue weighted by Crippen LogP contribution is -2.57. The third kappa shape index (κ3) is 2.93. The standard InChI is InChI=1S/C14H18N2O3/c1-9-4-3-5-10(2)11(9)7-16-8-13(17)15-6-12(16)14(18)19/h3-5,12H,6-8H2,1-2H3,(H,15,17)(H,18,19). The highest BCUT2D eigenvalue weighted by molar-refractivity contribution is 5.83. The number of carbonyl (C=O) groups excluding carboxylic acids is 1. The van der Waals surface area contributed by atoms with E-state index < -0.39 is 12.0 Å². The normalized spacial score (nSPS) is 20.1. The van der Waals surface area contributed by atoms with E-state index in [-0.39, 0.29) is 19.0 Å². The van der Waals surface area contributed by atoms with Gasteiger partial charge in [-0.2, -0.15) is 0 Å². The number of amides is 1. The summed E-state index contributed by atoms with van der Waals surface area (Å²) in [4.78, 5) is 24.4. The SMILES string of the molecule is Cc1cccc(C)c1CN1CC(=O)NCC1C(=O)O. The molecule has 1 atom stereocenters. The molecule has 1 unspecified atom stereocenters. The first-order chi connectivity index (χ1) is 8.99. The van der Waals surface area contributed by atoms with Crippen LogP contribution in [0.3, 0.4) is 0 Å². The summed E-state index contributed by atoms with van der Waals surface area (Å²) in [6.07, 6.45) is 0. The summed E-state index contributed by atoms with van der Waals surface area (Å²) in [6, 6.07) is 5.33. The van der Waals surface area contributed by atoms with Gasteiger partial charge in [-0.15, -0.1) is 0 Å². The molecule has 0 radical (unpaired) electrons. The predicted molar refractivity (Wildman–Crippen MR) is 70.8 cm³/mol. The van der Waals surface area contributed by atoms with Gasteiger partial charge in [0, 0.05) is 13.1 Å². The highest BCUT2D eigenvalue weighted by Gasteiger charge is 2.32. The van der Waals surface area contributed by atoms with Gasteiger partial charge in [0.2, 0.25) is 5.91 Å². The van der Waals surface area contributed by atoms with Crippen LogP contribution in [0.25, 0.3) is 0 Å². The molecule has 1 amide bonds. The fourth-order valence-corrected chi connectivity index (χ4v) is 2.40. The quantitative estimate of drug-likeness (QED) is 0.841. The fourth-order valence-electron chi connectivity index (χ4n) is 2.40. The maximum absolute atomic E-state index is 11.5. The minimum atomic E-state index is -0.897. The smallest absolute Gasteiger partial charge is 0.322 e. The Bertz CT molecular complexity index is 493. The van der Waals surface area contributed by atoms with Gasteiger partial charge in [-0.05, 0) is 30.5 Å². The molecule has 0 aliphatic carbocycles. The van der Waals surface area contributed by atoms with E-state index in [2.05, 4.69) is 5.32 Å². The van der Waals surface area contributed by atoms with Gasteiger partial charge < -0.3 is 10.4 Å². The number of benzene rings is 1. The monoisotopic (exact) mass is 262 g/mol. The van der Waals surface area contributed by atoms with Crippen molar-refractivity contribution in [2.45, 2.75) is 26.4 Å². The van der Waals surface area contributed by atoms with E-state index >= 15 is 0 Å². The van der Waals surface area contributed by atoms with Crippen molar-refractivity contribution in [1.29, 1.82) is 0 Å². The molecule has 1 aliphatic rings. The van der Waals surface area contributed by atoms with Crippen molar-refractivity contribution in [2.75, 3.05) is 13.1 Å². The second-order valence-electron chi connectivity index (χ2n) is 4.93. The summed E-state index contributed by atoms with van der Waals surface area (Å²) >= 11 is 0. The summed E-state index contributed by atoms with van der Waals surface area (Å²) in [6.45, 7) is 4.79. The number of rotatable bonds is 3. The van der Waals surface area contributed by atoms with Crippen molar-refractivity contribution in [2.24, 2.45) is 0 Å².